The van der Waals surface area contributed by atoms with Crippen molar-refractivity contribution < 1.29 is 23.8 Å². The molecule has 5 heteroatoms. The summed E-state index contributed by atoms with van der Waals surface area (Å²) in [6, 6.07) is 2.17. The molecule has 1 aromatic rings. The van der Waals surface area contributed by atoms with E-state index in [0.717, 1.165) is 18.9 Å². The van der Waals surface area contributed by atoms with Gasteiger partial charge in [-0.05, 0) is 18.6 Å². The topological polar surface area (TPSA) is 55.8 Å². The highest BCUT2D eigenvalue weighted by Gasteiger charge is 2.16. The van der Waals surface area contributed by atoms with Gasteiger partial charge in [-0.25, -0.2) is 9.18 Å². The molecule has 0 aliphatic rings. The Kier molecular flexibility index (Phi) is 4.75. The summed E-state index contributed by atoms with van der Waals surface area (Å²) in [5.41, 5.74) is -0.165. The summed E-state index contributed by atoms with van der Waals surface area (Å²) in [6.45, 7) is 2.36. The number of hydrogen-bond donors (Lipinski definition) is 1. The van der Waals surface area contributed by atoms with E-state index in [1.54, 1.807) is 0 Å². The van der Waals surface area contributed by atoms with E-state index < -0.39 is 11.8 Å². The third-order valence-electron chi connectivity index (χ3n) is 2.22. The number of ether oxygens (including phenoxy) is 2. The Morgan fingerprint density at radius 2 is 2.18 bits per heavy atom. The van der Waals surface area contributed by atoms with E-state index in [-0.39, 0.29) is 17.1 Å². The second-order valence-electron chi connectivity index (χ2n) is 3.50. The van der Waals surface area contributed by atoms with Crippen LogP contribution in [0.5, 0.6) is 11.5 Å². The number of carboxylic acids is 1. The Balaban J connectivity index is 2.99. The van der Waals surface area contributed by atoms with E-state index in [1.807, 2.05) is 6.92 Å². The third kappa shape index (κ3) is 3.34. The SMILES string of the molecule is CCCCOc1c(F)cc(C(=O)O)cc1OC. The van der Waals surface area contributed by atoms with Crippen LogP contribution in [0.3, 0.4) is 0 Å². The van der Waals surface area contributed by atoms with Gasteiger partial charge in [0.25, 0.3) is 0 Å². The Morgan fingerprint density at radius 3 is 2.71 bits per heavy atom. The van der Waals surface area contributed by atoms with Crippen LogP contribution >= 0.6 is 0 Å². The van der Waals surface area contributed by atoms with Crippen molar-refractivity contribution in [3.8, 4) is 11.5 Å². The van der Waals surface area contributed by atoms with Crippen molar-refractivity contribution in [3.05, 3.63) is 23.5 Å². The van der Waals surface area contributed by atoms with Crippen molar-refractivity contribution >= 4 is 5.97 Å². The van der Waals surface area contributed by atoms with Gasteiger partial charge in [0.05, 0.1) is 19.3 Å². The molecule has 0 spiro atoms. The van der Waals surface area contributed by atoms with Gasteiger partial charge < -0.3 is 14.6 Å². The first kappa shape index (κ1) is 13.3. The molecule has 0 aliphatic heterocycles. The van der Waals surface area contributed by atoms with Gasteiger partial charge in [-0.2, -0.15) is 0 Å². The number of rotatable bonds is 6. The van der Waals surface area contributed by atoms with E-state index in [4.69, 9.17) is 14.6 Å². The van der Waals surface area contributed by atoms with Crippen LogP contribution < -0.4 is 9.47 Å². The Bertz CT molecular complexity index is 404. The average molecular weight is 242 g/mol. The smallest absolute Gasteiger partial charge is 0.335 e. The summed E-state index contributed by atoms with van der Waals surface area (Å²) in [6.07, 6.45) is 1.72. The Hall–Kier alpha value is -1.78. The van der Waals surface area contributed by atoms with Crippen molar-refractivity contribution in [1.29, 1.82) is 0 Å². The van der Waals surface area contributed by atoms with Crippen molar-refractivity contribution in [3.63, 3.8) is 0 Å². The molecule has 0 bridgehead atoms. The maximum absolute atomic E-state index is 13.6. The van der Waals surface area contributed by atoms with E-state index in [2.05, 4.69) is 0 Å². The number of benzene rings is 1. The molecule has 0 atom stereocenters. The number of carbonyl (C=O) groups is 1. The lowest BCUT2D eigenvalue weighted by atomic mass is 10.2. The second kappa shape index (κ2) is 6.08. The number of aromatic carboxylic acids is 1. The highest BCUT2D eigenvalue weighted by Crippen LogP contribution is 2.31. The van der Waals surface area contributed by atoms with Gasteiger partial charge in [0.15, 0.2) is 17.3 Å². The molecule has 0 saturated carbocycles. The molecular formula is C12H15FO4. The summed E-state index contributed by atoms with van der Waals surface area (Å²) >= 11 is 0. The monoisotopic (exact) mass is 242 g/mol. The lowest BCUT2D eigenvalue weighted by molar-refractivity contribution is 0.0695. The minimum atomic E-state index is -1.21. The molecule has 4 nitrogen and oxygen atoms in total. The minimum absolute atomic E-state index is 0.0362. The quantitative estimate of drug-likeness (QED) is 0.779. The minimum Gasteiger partial charge on any atom is -0.493 e. The molecule has 0 saturated heterocycles. The van der Waals surface area contributed by atoms with Crippen LogP contribution in [0.2, 0.25) is 0 Å². The summed E-state index contributed by atoms with van der Waals surface area (Å²) in [7, 11) is 1.34. The highest BCUT2D eigenvalue weighted by molar-refractivity contribution is 5.88. The standard InChI is InChI=1S/C12H15FO4/c1-3-4-5-17-11-9(13)6-8(12(14)15)7-10(11)16-2/h6-7H,3-5H2,1-2H3,(H,14,15). The van der Waals surface area contributed by atoms with Crippen LogP contribution in [0.25, 0.3) is 0 Å². The summed E-state index contributed by atoms with van der Waals surface area (Å²) in [4.78, 5) is 10.7. The molecule has 0 amide bonds. The first-order valence-electron chi connectivity index (χ1n) is 5.33. The van der Waals surface area contributed by atoms with Crippen molar-refractivity contribution in [1.82, 2.24) is 0 Å². The van der Waals surface area contributed by atoms with Gasteiger partial charge in [-0.1, -0.05) is 13.3 Å². The molecule has 94 valence electrons. The molecule has 1 rings (SSSR count). The van der Waals surface area contributed by atoms with Crippen LogP contribution in [0.4, 0.5) is 4.39 Å². The molecule has 1 N–H and O–H groups in total. The molecule has 0 heterocycles. The van der Waals surface area contributed by atoms with Gasteiger partial charge in [0, 0.05) is 0 Å². The Morgan fingerprint density at radius 1 is 1.47 bits per heavy atom. The molecule has 1 aromatic carbocycles. The largest absolute Gasteiger partial charge is 0.493 e. The van der Waals surface area contributed by atoms with Gasteiger partial charge in [0.1, 0.15) is 0 Å². The number of unbranched alkanes of at least 4 members (excludes halogenated alkanes) is 1. The van der Waals surface area contributed by atoms with Crippen LogP contribution in [0, 0.1) is 5.82 Å². The lowest BCUT2D eigenvalue weighted by Crippen LogP contribution is -2.04. The van der Waals surface area contributed by atoms with Crippen molar-refractivity contribution in [2.45, 2.75) is 19.8 Å². The number of carboxylic acid groups (broad SMARTS) is 1. The fraction of sp³-hybridized carbons (Fsp3) is 0.417. The number of halogens is 1. The first-order chi connectivity index (χ1) is 8.10. The molecule has 0 aromatic heterocycles. The summed E-state index contributed by atoms with van der Waals surface area (Å²) in [5.74, 6) is -1.87. The van der Waals surface area contributed by atoms with Gasteiger partial charge >= 0.3 is 5.97 Å². The molecule has 17 heavy (non-hydrogen) atoms. The zero-order chi connectivity index (χ0) is 12.8. The average Bonchev–Trinajstić information content (AvgIpc) is 2.30. The molecular weight excluding hydrogens is 227 g/mol. The van der Waals surface area contributed by atoms with E-state index in [9.17, 15) is 9.18 Å². The van der Waals surface area contributed by atoms with Gasteiger partial charge in [0.2, 0.25) is 0 Å². The predicted octanol–water partition coefficient (Wildman–Crippen LogP) is 2.71. The first-order valence-corrected chi connectivity index (χ1v) is 5.33. The van der Waals surface area contributed by atoms with Gasteiger partial charge in [-0.15, -0.1) is 0 Å². The van der Waals surface area contributed by atoms with Crippen molar-refractivity contribution in [2.75, 3.05) is 13.7 Å². The van der Waals surface area contributed by atoms with E-state index >= 15 is 0 Å². The maximum Gasteiger partial charge on any atom is 0.335 e. The lowest BCUT2D eigenvalue weighted by Gasteiger charge is -2.12. The van der Waals surface area contributed by atoms with Crippen LogP contribution in [-0.2, 0) is 0 Å². The van der Waals surface area contributed by atoms with E-state index in [0.29, 0.717) is 6.61 Å². The number of methoxy groups -OCH3 is 1. The van der Waals surface area contributed by atoms with Gasteiger partial charge in [-0.3, -0.25) is 0 Å². The summed E-state index contributed by atoms with van der Waals surface area (Å²) in [5, 5.41) is 8.77. The van der Waals surface area contributed by atoms with E-state index in [1.165, 1.54) is 13.2 Å². The molecule has 0 unspecified atom stereocenters. The van der Waals surface area contributed by atoms with Crippen LogP contribution in [0.1, 0.15) is 30.1 Å². The molecule has 0 radical (unpaired) electrons. The Labute approximate surface area is 99.0 Å². The molecule has 0 fully saturated rings. The zero-order valence-corrected chi connectivity index (χ0v) is 9.83. The van der Waals surface area contributed by atoms with Crippen molar-refractivity contribution in [2.24, 2.45) is 0 Å². The zero-order valence-electron chi connectivity index (χ0n) is 9.83. The normalized spacial score (nSPS) is 10.1. The van der Waals surface area contributed by atoms with Crippen LogP contribution in [0.15, 0.2) is 12.1 Å². The maximum atomic E-state index is 13.6. The summed E-state index contributed by atoms with van der Waals surface area (Å²) < 4.78 is 23.8. The number of hydrogen-bond acceptors (Lipinski definition) is 3. The van der Waals surface area contributed by atoms with Crippen LogP contribution in [-0.4, -0.2) is 24.8 Å². The second-order valence-corrected chi connectivity index (χ2v) is 3.50. The third-order valence-corrected chi connectivity index (χ3v) is 2.22. The predicted molar refractivity (Wildman–Crippen MR) is 60.3 cm³/mol. The fourth-order valence-electron chi connectivity index (χ4n) is 1.30. The fourth-order valence-corrected chi connectivity index (χ4v) is 1.30. The highest BCUT2D eigenvalue weighted by atomic mass is 19.1. The molecule has 0 aliphatic carbocycles.